The Kier molecular flexibility index (Phi) is 4.57. The molecule has 1 atom stereocenters. The van der Waals surface area contributed by atoms with Crippen LogP contribution in [-0.2, 0) is 21.3 Å². The van der Waals surface area contributed by atoms with Gasteiger partial charge in [0.1, 0.15) is 17.7 Å². The summed E-state index contributed by atoms with van der Waals surface area (Å²) < 4.78 is 51.5. The second-order valence-corrected chi connectivity index (χ2v) is 9.72. The Morgan fingerprint density at radius 1 is 1.12 bits per heavy atom. The lowest BCUT2D eigenvalue weighted by atomic mass is 10.1. The van der Waals surface area contributed by atoms with Gasteiger partial charge in [0.25, 0.3) is 5.78 Å². The molecule has 0 fully saturated rings. The van der Waals surface area contributed by atoms with Gasteiger partial charge >= 0.3 is 5.92 Å². The molecule has 15 heteroatoms. The zero-order valence-electron chi connectivity index (χ0n) is 16.7. The van der Waals surface area contributed by atoms with E-state index in [0.717, 1.165) is 4.52 Å². The molecule has 0 aliphatic rings. The van der Waals surface area contributed by atoms with Gasteiger partial charge in [-0.25, -0.2) is 19.5 Å². The molecule has 32 heavy (non-hydrogen) atoms. The maximum Gasteiger partial charge on any atom is 0.335 e. The molecule has 0 bridgehead atoms. The molecule has 0 aromatic carbocycles. The highest BCUT2D eigenvalue weighted by atomic mass is 31.2. The zero-order valence-corrected chi connectivity index (χ0v) is 17.6. The highest BCUT2D eigenvalue weighted by Gasteiger charge is 2.41. The lowest BCUT2D eigenvalue weighted by Gasteiger charge is -2.14. The predicted molar refractivity (Wildman–Crippen MR) is 106 cm³/mol. The second-order valence-electron chi connectivity index (χ2n) is 7.05. The first-order valence-corrected chi connectivity index (χ1v) is 11.4. The molecule has 0 N–H and O–H groups in total. The normalized spacial score (nSPS) is 14.2. The van der Waals surface area contributed by atoms with Crippen LogP contribution in [0.2, 0.25) is 0 Å². The Morgan fingerprint density at radius 2 is 1.97 bits per heavy atom. The Morgan fingerprint density at radius 3 is 2.78 bits per heavy atom. The van der Waals surface area contributed by atoms with Gasteiger partial charge in [-0.1, -0.05) is 0 Å². The third-order valence-electron chi connectivity index (χ3n) is 4.75. The van der Waals surface area contributed by atoms with Crippen molar-refractivity contribution in [1.29, 1.82) is 0 Å². The topological polar surface area (TPSA) is 130 Å². The number of nitrogens with zero attached hydrogens (tertiary/aromatic N) is 10. The summed E-state index contributed by atoms with van der Waals surface area (Å²) >= 11 is 0. The monoisotopic (exact) mass is 460 g/mol. The molecule has 0 aliphatic heterocycles. The van der Waals surface area contributed by atoms with Crippen LogP contribution in [0.1, 0.15) is 11.4 Å². The van der Waals surface area contributed by atoms with Crippen LogP contribution >= 0.6 is 7.37 Å². The first kappa shape index (κ1) is 20.3. The van der Waals surface area contributed by atoms with E-state index in [1.165, 1.54) is 55.5 Å². The lowest BCUT2D eigenvalue weighted by molar-refractivity contribution is 0.0301. The highest BCUT2D eigenvalue weighted by molar-refractivity contribution is 7.57. The molecule has 164 valence electrons. The molecule has 12 nitrogen and oxygen atoms in total. The zero-order chi connectivity index (χ0) is 22.5. The van der Waals surface area contributed by atoms with Gasteiger partial charge in [0.15, 0.2) is 5.65 Å². The van der Waals surface area contributed by atoms with E-state index in [4.69, 9.17) is 4.52 Å². The first-order valence-electron chi connectivity index (χ1n) is 9.18. The van der Waals surface area contributed by atoms with Crippen molar-refractivity contribution in [2.45, 2.75) is 12.2 Å². The van der Waals surface area contributed by atoms with Gasteiger partial charge in [-0.3, -0.25) is 4.57 Å². The molecule has 5 rings (SSSR count). The fraction of sp³-hybridized carbons (Fsp3) is 0.235. The Balaban J connectivity index is 1.54. The van der Waals surface area contributed by atoms with Crippen LogP contribution in [-0.4, -0.2) is 62.7 Å². The van der Waals surface area contributed by atoms with Gasteiger partial charge in [-0.15, -0.1) is 10.2 Å². The summed E-state index contributed by atoms with van der Waals surface area (Å²) in [6.45, 7) is 1.50. The summed E-state index contributed by atoms with van der Waals surface area (Å²) in [4.78, 5) is 12.2. The Bertz CT molecular complexity index is 1490. The summed E-state index contributed by atoms with van der Waals surface area (Å²) in [6, 6.07) is 2.67. The maximum absolute atomic E-state index is 15.3. The summed E-state index contributed by atoms with van der Waals surface area (Å²) in [5, 5.41) is 15.4. The molecule has 0 spiro atoms. The third kappa shape index (κ3) is 3.42. The van der Waals surface area contributed by atoms with Crippen molar-refractivity contribution in [3.8, 4) is 11.4 Å². The number of rotatable bonds is 6. The Labute approximate surface area is 178 Å². The van der Waals surface area contributed by atoms with Crippen LogP contribution in [0.15, 0.2) is 43.4 Å². The molecular formula is C17H15F2N10O2P. The molecular weight excluding hydrogens is 445 g/mol. The van der Waals surface area contributed by atoms with Gasteiger partial charge in [0.05, 0.1) is 18.8 Å². The van der Waals surface area contributed by atoms with Crippen LogP contribution in [0.5, 0.6) is 0 Å². The van der Waals surface area contributed by atoms with Crippen molar-refractivity contribution in [2.75, 3.05) is 13.8 Å². The molecule has 0 amide bonds. The van der Waals surface area contributed by atoms with E-state index in [1.807, 2.05) is 0 Å². The smallest absolute Gasteiger partial charge is 0.331 e. The van der Waals surface area contributed by atoms with Gasteiger partial charge in [0.2, 0.25) is 13.2 Å². The minimum absolute atomic E-state index is 0.0952. The van der Waals surface area contributed by atoms with Crippen molar-refractivity contribution in [2.24, 2.45) is 0 Å². The van der Waals surface area contributed by atoms with Crippen molar-refractivity contribution in [3.05, 3.63) is 54.8 Å². The van der Waals surface area contributed by atoms with E-state index < -0.39 is 19.1 Å². The maximum atomic E-state index is 15.3. The van der Waals surface area contributed by atoms with Crippen molar-refractivity contribution >= 4 is 18.8 Å². The Hall–Kier alpha value is -3.64. The molecule has 5 heterocycles. The van der Waals surface area contributed by atoms with E-state index in [0.29, 0.717) is 11.3 Å². The standard InChI is InChI=1S/C17H15F2N10O2P/c1-31-32(2,30)10-27-7-13(22-9-27)12-5-20-16-25-24-15(29(16)26-12)17(18,19)11-3-4-14-21-8-23-28(14)6-11/h3-9H,10H2,1-2H3. The van der Waals surface area contributed by atoms with Crippen molar-refractivity contribution < 1.29 is 17.9 Å². The van der Waals surface area contributed by atoms with E-state index in [9.17, 15) is 4.57 Å². The molecule has 0 radical (unpaired) electrons. The second kappa shape index (κ2) is 7.21. The van der Waals surface area contributed by atoms with Gasteiger partial charge < -0.3 is 9.09 Å². The number of halogens is 2. The summed E-state index contributed by atoms with van der Waals surface area (Å²) in [5.74, 6) is -4.35. The van der Waals surface area contributed by atoms with Crippen LogP contribution < -0.4 is 0 Å². The van der Waals surface area contributed by atoms with E-state index in [1.54, 1.807) is 10.8 Å². The van der Waals surface area contributed by atoms with Gasteiger partial charge in [0, 0.05) is 31.7 Å². The predicted octanol–water partition coefficient (Wildman–Crippen LogP) is 2.08. The largest absolute Gasteiger partial charge is 0.335 e. The average molecular weight is 460 g/mol. The molecule has 0 saturated carbocycles. The van der Waals surface area contributed by atoms with E-state index in [-0.39, 0.29) is 23.3 Å². The van der Waals surface area contributed by atoms with Crippen LogP contribution in [0.25, 0.3) is 22.8 Å². The SMILES string of the molecule is COP(C)(=O)Cn1cnc(-c2cnc3nnc(C(F)(F)c4ccc5ncnn5c4)n3n2)c1. The quantitative estimate of drug-likeness (QED) is 0.350. The fourth-order valence-electron chi connectivity index (χ4n) is 3.07. The van der Waals surface area contributed by atoms with Gasteiger partial charge in [-0.05, 0) is 12.1 Å². The number of fused-ring (bicyclic) bond motifs is 2. The number of aromatic nitrogens is 10. The van der Waals surface area contributed by atoms with Gasteiger partial charge in [-0.2, -0.15) is 23.5 Å². The number of pyridine rings is 1. The minimum Gasteiger partial charge on any atom is -0.331 e. The average Bonchev–Trinajstić information content (AvgIpc) is 3.51. The number of hydrogen-bond acceptors (Lipinski definition) is 9. The van der Waals surface area contributed by atoms with E-state index in [2.05, 4.69) is 35.3 Å². The molecule has 5 aromatic heterocycles. The number of alkyl halides is 2. The number of imidazole rings is 1. The minimum atomic E-state index is -3.54. The van der Waals surface area contributed by atoms with E-state index >= 15 is 8.78 Å². The fourth-order valence-corrected chi connectivity index (χ4v) is 3.93. The molecule has 1 unspecified atom stereocenters. The molecule has 5 aromatic rings. The summed E-state index contributed by atoms with van der Waals surface area (Å²) in [6.07, 6.45) is 6.91. The van der Waals surface area contributed by atoms with Crippen molar-refractivity contribution in [3.63, 3.8) is 0 Å². The van der Waals surface area contributed by atoms with Crippen molar-refractivity contribution in [1.82, 2.24) is 48.9 Å². The summed E-state index contributed by atoms with van der Waals surface area (Å²) in [5.41, 5.74) is 0.628. The molecule has 0 saturated heterocycles. The molecule has 0 aliphatic carbocycles. The number of hydrogen-bond donors (Lipinski definition) is 0. The highest BCUT2D eigenvalue weighted by Crippen LogP contribution is 2.43. The van der Waals surface area contributed by atoms with Crippen LogP contribution in [0, 0.1) is 0 Å². The lowest BCUT2D eigenvalue weighted by Crippen LogP contribution is -2.21. The van der Waals surface area contributed by atoms with Crippen LogP contribution in [0.3, 0.4) is 0 Å². The first-order chi connectivity index (χ1) is 15.3. The third-order valence-corrected chi connectivity index (χ3v) is 6.37. The summed E-state index contributed by atoms with van der Waals surface area (Å²) in [7, 11) is -1.46. The van der Waals surface area contributed by atoms with Crippen LogP contribution in [0.4, 0.5) is 8.78 Å².